The van der Waals surface area contributed by atoms with Crippen LogP contribution in [0.2, 0.25) is 0 Å². The largest absolute Gasteiger partial charge is 0.469 e. The van der Waals surface area contributed by atoms with Crippen molar-refractivity contribution in [2.24, 2.45) is 0 Å². The molecule has 6 heteroatoms. The van der Waals surface area contributed by atoms with E-state index in [4.69, 9.17) is 4.74 Å². The molecule has 0 fully saturated rings. The number of aryl methyl sites for hydroxylation is 1. The highest BCUT2D eigenvalue weighted by Crippen LogP contribution is 2.24. The predicted molar refractivity (Wildman–Crippen MR) is 80.2 cm³/mol. The van der Waals surface area contributed by atoms with Crippen LogP contribution in [-0.4, -0.2) is 19.0 Å². The van der Waals surface area contributed by atoms with E-state index in [9.17, 15) is 9.59 Å². The molecule has 0 aromatic carbocycles. The first-order valence-electron chi connectivity index (χ1n) is 6.07. The van der Waals surface area contributed by atoms with Crippen molar-refractivity contribution in [3.8, 4) is 0 Å². The number of thiophene rings is 2. The third kappa shape index (κ3) is 3.46. The highest BCUT2D eigenvalue weighted by atomic mass is 32.1. The summed E-state index contributed by atoms with van der Waals surface area (Å²) in [6.07, 6.45) is 0.132. The third-order valence-electron chi connectivity index (χ3n) is 2.86. The van der Waals surface area contributed by atoms with Crippen molar-refractivity contribution in [2.75, 3.05) is 7.11 Å². The first-order valence-corrected chi connectivity index (χ1v) is 7.83. The first kappa shape index (κ1) is 14.7. The van der Waals surface area contributed by atoms with Gasteiger partial charge in [-0.2, -0.15) is 0 Å². The van der Waals surface area contributed by atoms with Crippen molar-refractivity contribution in [2.45, 2.75) is 19.4 Å². The summed E-state index contributed by atoms with van der Waals surface area (Å²) in [7, 11) is 1.35. The summed E-state index contributed by atoms with van der Waals surface area (Å²) in [4.78, 5) is 25.4. The fraction of sp³-hybridized carbons (Fsp3) is 0.286. The van der Waals surface area contributed by atoms with Crippen molar-refractivity contribution < 1.29 is 14.3 Å². The number of hydrogen-bond donors (Lipinski definition) is 1. The number of ether oxygens (including phenoxy) is 1. The third-order valence-corrected chi connectivity index (χ3v) is 4.86. The lowest BCUT2D eigenvalue weighted by Gasteiger charge is -2.16. The summed E-state index contributed by atoms with van der Waals surface area (Å²) in [5, 5.41) is 6.71. The molecule has 2 aromatic heterocycles. The van der Waals surface area contributed by atoms with Crippen molar-refractivity contribution in [3.63, 3.8) is 0 Å². The summed E-state index contributed by atoms with van der Waals surface area (Å²) in [6, 6.07) is 5.35. The van der Waals surface area contributed by atoms with Crippen molar-refractivity contribution in [1.29, 1.82) is 0 Å². The van der Waals surface area contributed by atoms with Gasteiger partial charge in [0.25, 0.3) is 5.91 Å². The van der Waals surface area contributed by atoms with Crippen LogP contribution in [0, 0.1) is 6.92 Å². The summed E-state index contributed by atoms with van der Waals surface area (Å²) in [5.41, 5.74) is 0.940. The van der Waals surface area contributed by atoms with E-state index < -0.39 is 0 Å². The fourth-order valence-electron chi connectivity index (χ4n) is 1.79. The van der Waals surface area contributed by atoms with Gasteiger partial charge in [0.1, 0.15) is 0 Å². The molecule has 0 aliphatic carbocycles. The number of amides is 1. The number of esters is 1. The minimum atomic E-state index is -0.351. The van der Waals surface area contributed by atoms with Gasteiger partial charge >= 0.3 is 5.97 Å². The van der Waals surface area contributed by atoms with Gasteiger partial charge in [0.2, 0.25) is 0 Å². The van der Waals surface area contributed by atoms with Gasteiger partial charge in [-0.15, -0.1) is 22.7 Å². The molecule has 0 aliphatic heterocycles. The molecule has 106 valence electrons. The number of carbonyl (C=O) groups excluding carboxylic acids is 2. The summed E-state index contributed by atoms with van der Waals surface area (Å²) in [6.45, 7) is 1.89. The Morgan fingerprint density at radius 2 is 2.10 bits per heavy atom. The van der Waals surface area contributed by atoms with Crippen LogP contribution in [0.1, 0.15) is 32.6 Å². The molecular weight excluding hydrogens is 294 g/mol. The lowest BCUT2D eigenvalue weighted by molar-refractivity contribution is -0.141. The molecule has 0 saturated heterocycles. The van der Waals surface area contributed by atoms with Crippen LogP contribution in [0.4, 0.5) is 0 Å². The monoisotopic (exact) mass is 309 g/mol. The highest BCUT2D eigenvalue weighted by Gasteiger charge is 2.21. The minimum absolute atomic E-state index is 0.132. The van der Waals surface area contributed by atoms with E-state index in [0.717, 1.165) is 10.4 Å². The van der Waals surface area contributed by atoms with Crippen LogP contribution < -0.4 is 5.32 Å². The lowest BCUT2D eigenvalue weighted by Crippen LogP contribution is -2.29. The molecule has 20 heavy (non-hydrogen) atoms. The molecule has 2 rings (SSSR count). The number of rotatable bonds is 5. The SMILES string of the molecule is COC(=O)CC(NC(=O)c1sccc1C)c1cccs1. The van der Waals surface area contributed by atoms with E-state index >= 15 is 0 Å². The summed E-state index contributed by atoms with van der Waals surface area (Å²) in [5.74, 6) is -0.494. The quantitative estimate of drug-likeness (QED) is 0.863. The van der Waals surface area contributed by atoms with Crippen LogP contribution in [0.5, 0.6) is 0 Å². The van der Waals surface area contributed by atoms with Gasteiger partial charge in [0, 0.05) is 4.88 Å². The summed E-state index contributed by atoms with van der Waals surface area (Å²) < 4.78 is 4.69. The van der Waals surface area contributed by atoms with Crippen molar-refractivity contribution in [3.05, 3.63) is 44.3 Å². The topological polar surface area (TPSA) is 55.4 Å². The van der Waals surface area contributed by atoms with Crippen LogP contribution in [0.25, 0.3) is 0 Å². The molecule has 1 amide bonds. The number of nitrogens with one attached hydrogen (secondary N) is 1. The molecule has 1 N–H and O–H groups in total. The van der Waals surface area contributed by atoms with Crippen LogP contribution in [0.15, 0.2) is 29.0 Å². The van der Waals surface area contributed by atoms with E-state index in [-0.39, 0.29) is 24.3 Å². The molecule has 2 heterocycles. The van der Waals surface area contributed by atoms with Gasteiger partial charge in [0.05, 0.1) is 24.4 Å². The second-order valence-electron chi connectivity index (χ2n) is 4.25. The predicted octanol–water partition coefficient (Wildman–Crippen LogP) is 3.15. The molecule has 0 spiro atoms. The highest BCUT2D eigenvalue weighted by molar-refractivity contribution is 7.12. The molecule has 0 saturated carbocycles. The second-order valence-corrected chi connectivity index (χ2v) is 6.15. The van der Waals surface area contributed by atoms with E-state index in [1.807, 2.05) is 35.9 Å². The zero-order valence-corrected chi connectivity index (χ0v) is 12.8. The molecule has 1 atom stereocenters. The minimum Gasteiger partial charge on any atom is -0.469 e. The molecule has 4 nitrogen and oxygen atoms in total. The van der Waals surface area contributed by atoms with Crippen LogP contribution >= 0.6 is 22.7 Å². The van der Waals surface area contributed by atoms with Crippen molar-refractivity contribution >= 4 is 34.6 Å². The maximum atomic E-state index is 12.3. The Labute approximate surface area is 125 Å². The maximum Gasteiger partial charge on any atom is 0.307 e. The van der Waals surface area contributed by atoms with Gasteiger partial charge in [-0.05, 0) is 35.4 Å². The van der Waals surface area contributed by atoms with Gasteiger partial charge < -0.3 is 10.1 Å². The Hall–Kier alpha value is -1.66. The first-order chi connectivity index (χ1) is 9.61. The van der Waals surface area contributed by atoms with Gasteiger partial charge in [0.15, 0.2) is 0 Å². The maximum absolute atomic E-state index is 12.3. The van der Waals surface area contributed by atoms with Gasteiger partial charge in [-0.1, -0.05) is 6.07 Å². The van der Waals surface area contributed by atoms with Gasteiger partial charge in [-0.3, -0.25) is 9.59 Å². The van der Waals surface area contributed by atoms with Crippen LogP contribution in [-0.2, 0) is 9.53 Å². The summed E-state index contributed by atoms with van der Waals surface area (Å²) >= 11 is 2.90. The lowest BCUT2D eigenvalue weighted by atomic mass is 10.1. The van der Waals surface area contributed by atoms with Crippen molar-refractivity contribution in [1.82, 2.24) is 5.32 Å². The van der Waals surface area contributed by atoms with E-state index in [0.29, 0.717) is 4.88 Å². The molecule has 0 aliphatic rings. The standard InChI is InChI=1S/C14H15NO3S2/c1-9-5-7-20-13(9)14(17)15-10(8-12(16)18-2)11-4-3-6-19-11/h3-7,10H,8H2,1-2H3,(H,15,17). The molecular formula is C14H15NO3S2. The van der Waals surface area contributed by atoms with E-state index in [1.165, 1.54) is 29.8 Å². The Balaban J connectivity index is 2.14. The molecule has 2 aromatic rings. The Bertz CT molecular complexity index is 589. The van der Waals surface area contributed by atoms with E-state index in [2.05, 4.69) is 5.32 Å². The van der Waals surface area contributed by atoms with E-state index in [1.54, 1.807) is 0 Å². The average molecular weight is 309 g/mol. The normalized spacial score (nSPS) is 11.9. The zero-order chi connectivity index (χ0) is 14.5. The molecule has 0 radical (unpaired) electrons. The number of methoxy groups -OCH3 is 1. The number of hydrogen-bond acceptors (Lipinski definition) is 5. The fourth-order valence-corrected chi connectivity index (χ4v) is 3.40. The molecule has 0 bridgehead atoms. The van der Waals surface area contributed by atoms with Crippen LogP contribution in [0.3, 0.4) is 0 Å². The second kappa shape index (κ2) is 6.67. The Morgan fingerprint density at radius 1 is 1.30 bits per heavy atom. The zero-order valence-electron chi connectivity index (χ0n) is 11.2. The van der Waals surface area contributed by atoms with Gasteiger partial charge in [-0.25, -0.2) is 0 Å². The number of carbonyl (C=O) groups is 2. The Kier molecular flexibility index (Phi) is 4.92. The molecule has 1 unspecified atom stereocenters. The smallest absolute Gasteiger partial charge is 0.307 e. The Morgan fingerprint density at radius 3 is 2.65 bits per heavy atom. The average Bonchev–Trinajstić information content (AvgIpc) is 3.08.